The van der Waals surface area contributed by atoms with E-state index in [-0.39, 0.29) is 11.9 Å². The van der Waals surface area contributed by atoms with Gasteiger partial charge in [0.25, 0.3) is 0 Å². The zero-order valence-corrected chi connectivity index (χ0v) is 16.1. The Hall–Kier alpha value is -2.85. The van der Waals surface area contributed by atoms with Gasteiger partial charge in [-0.25, -0.2) is 0 Å². The molecule has 0 heterocycles. The van der Waals surface area contributed by atoms with Crippen molar-refractivity contribution >= 4 is 16.7 Å². The highest BCUT2D eigenvalue weighted by Gasteiger charge is 2.12. The number of nitrogens with one attached hydrogen (secondary N) is 1. The van der Waals surface area contributed by atoms with Crippen LogP contribution in [0.25, 0.3) is 10.8 Å². The fourth-order valence-electron chi connectivity index (χ4n) is 3.10. The zero-order chi connectivity index (χ0) is 19.2. The van der Waals surface area contributed by atoms with E-state index in [4.69, 9.17) is 4.74 Å². The van der Waals surface area contributed by atoms with Gasteiger partial charge in [0, 0.05) is 19.6 Å². The lowest BCUT2D eigenvalue weighted by Crippen LogP contribution is -2.36. The molecule has 0 saturated heterocycles. The van der Waals surface area contributed by atoms with Crippen LogP contribution >= 0.6 is 0 Å². The molecule has 4 nitrogen and oxygen atoms in total. The van der Waals surface area contributed by atoms with E-state index in [0.29, 0.717) is 13.1 Å². The Balaban J connectivity index is 1.58. The van der Waals surface area contributed by atoms with Crippen molar-refractivity contribution in [2.24, 2.45) is 0 Å². The molecule has 0 aliphatic heterocycles. The van der Waals surface area contributed by atoms with Gasteiger partial charge < -0.3 is 15.0 Å². The molecular formula is C23H26N2O2. The molecule has 0 unspecified atom stereocenters. The van der Waals surface area contributed by atoms with Gasteiger partial charge in [0.05, 0.1) is 13.7 Å². The summed E-state index contributed by atoms with van der Waals surface area (Å²) in [5.41, 5.74) is 2.29. The van der Waals surface area contributed by atoms with Crippen LogP contribution in [0.1, 0.15) is 24.1 Å². The summed E-state index contributed by atoms with van der Waals surface area (Å²) < 4.78 is 5.27. The van der Waals surface area contributed by atoms with Gasteiger partial charge >= 0.3 is 0 Å². The minimum absolute atomic E-state index is 0.0765. The molecule has 3 aromatic rings. The molecule has 1 N–H and O–H groups in total. The van der Waals surface area contributed by atoms with E-state index in [1.165, 1.54) is 5.56 Å². The number of methoxy groups -OCH3 is 1. The second-order valence-electron chi connectivity index (χ2n) is 6.81. The summed E-state index contributed by atoms with van der Waals surface area (Å²) in [6, 6.07) is 22.6. The van der Waals surface area contributed by atoms with Gasteiger partial charge in [-0.15, -0.1) is 0 Å². The quantitative estimate of drug-likeness (QED) is 0.686. The standard InChI is InChI=1S/C23H26N2O2/c1-17(19-7-5-4-6-8-19)24-15-23(26)25(2)16-18-9-10-21-14-22(27-3)12-11-20(21)13-18/h4-14,17,24H,15-16H2,1-3H3/t17-/m0/s1. The maximum atomic E-state index is 12.5. The second-order valence-corrected chi connectivity index (χ2v) is 6.81. The van der Waals surface area contributed by atoms with Crippen molar-refractivity contribution in [2.75, 3.05) is 20.7 Å². The van der Waals surface area contributed by atoms with Crippen LogP contribution in [0.3, 0.4) is 0 Å². The van der Waals surface area contributed by atoms with Crippen molar-refractivity contribution in [3.8, 4) is 5.75 Å². The Morgan fingerprint density at radius 3 is 2.48 bits per heavy atom. The molecule has 0 aliphatic carbocycles. The number of fused-ring (bicyclic) bond motifs is 1. The lowest BCUT2D eigenvalue weighted by atomic mass is 10.1. The maximum absolute atomic E-state index is 12.5. The number of likely N-dealkylation sites (N-methyl/N-ethyl adjacent to an activating group) is 1. The highest BCUT2D eigenvalue weighted by molar-refractivity contribution is 5.84. The summed E-state index contributed by atoms with van der Waals surface area (Å²) in [7, 11) is 3.51. The molecule has 0 bridgehead atoms. The number of nitrogens with zero attached hydrogens (tertiary/aromatic N) is 1. The molecule has 0 saturated carbocycles. The molecule has 4 heteroatoms. The van der Waals surface area contributed by atoms with Gasteiger partial charge in [0.1, 0.15) is 5.75 Å². The number of ether oxygens (including phenoxy) is 1. The average molecular weight is 362 g/mol. The highest BCUT2D eigenvalue weighted by atomic mass is 16.5. The summed E-state index contributed by atoms with van der Waals surface area (Å²) >= 11 is 0. The number of carbonyl (C=O) groups excluding carboxylic acids is 1. The van der Waals surface area contributed by atoms with Crippen LogP contribution in [0.15, 0.2) is 66.7 Å². The first kappa shape index (κ1) is 18.9. The number of rotatable bonds is 7. The molecular weight excluding hydrogens is 336 g/mol. The van der Waals surface area contributed by atoms with E-state index in [9.17, 15) is 4.79 Å². The number of hydrogen-bond acceptors (Lipinski definition) is 3. The highest BCUT2D eigenvalue weighted by Crippen LogP contribution is 2.22. The summed E-state index contributed by atoms with van der Waals surface area (Å²) in [5, 5.41) is 5.58. The topological polar surface area (TPSA) is 41.6 Å². The van der Waals surface area contributed by atoms with E-state index < -0.39 is 0 Å². The monoisotopic (exact) mass is 362 g/mol. The fraction of sp³-hybridized carbons (Fsp3) is 0.261. The smallest absolute Gasteiger partial charge is 0.236 e. The Morgan fingerprint density at radius 1 is 1.04 bits per heavy atom. The molecule has 0 radical (unpaired) electrons. The SMILES string of the molecule is COc1ccc2cc(CN(C)C(=O)CN[C@@H](C)c3ccccc3)ccc2c1. The molecule has 0 aliphatic rings. The molecule has 3 aromatic carbocycles. The Kier molecular flexibility index (Phi) is 6.09. The van der Waals surface area contributed by atoms with Gasteiger partial charge in [-0.1, -0.05) is 48.5 Å². The van der Waals surface area contributed by atoms with Gasteiger partial charge in [-0.05, 0) is 47.0 Å². The van der Waals surface area contributed by atoms with Gasteiger partial charge in [0.2, 0.25) is 5.91 Å². The molecule has 3 rings (SSSR count). The third-order valence-corrected chi connectivity index (χ3v) is 4.82. The van der Waals surface area contributed by atoms with Crippen molar-refractivity contribution in [3.05, 3.63) is 77.9 Å². The minimum atomic E-state index is 0.0765. The Labute approximate surface area is 160 Å². The van der Waals surface area contributed by atoms with Crippen LogP contribution in [-0.2, 0) is 11.3 Å². The van der Waals surface area contributed by atoms with Gasteiger partial charge in [-0.2, -0.15) is 0 Å². The third-order valence-electron chi connectivity index (χ3n) is 4.82. The van der Waals surface area contributed by atoms with Crippen molar-refractivity contribution in [1.82, 2.24) is 10.2 Å². The molecule has 1 amide bonds. The summed E-state index contributed by atoms with van der Waals surface area (Å²) in [6.07, 6.45) is 0. The zero-order valence-electron chi connectivity index (χ0n) is 16.1. The van der Waals surface area contributed by atoms with Crippen LogP contribution in [-0.4, -0.2) is 31.5 Å². The average Bonchev–Trinajstić information content (AvgIpc) is 2.71. The Bertz CT molecular complexity index is 909. The van der Waals surface area contributed by atoms with Crippen LogP contribution < -0.4 is 10.1 Å². The first-order valence-electron chi connectivity index (χ1n) is 9.16. The lowest BCUT2D eigenvalue weighted by Gasteiger charge is -2.20. The van der Waals surface area contributed by atoms with Crippen molar-refractivity contribution < 1.29 is 9.53 Å². The third kappa shape index (κ3) is 4.86. The summed E-state index contributed by atoms with van der Waals surface area (Å²) in [4.78, 5) is 14.2. The first-order valence-corrected chi connectivity index (χ1v) is 9.16. The van der Waals surface area contributed by atoms with E-state index in [1.54, 1.807) is 12.0 Å². The normalized spacial score (nSPS) is 12.0. The van der Waals surface area contributed by atoms with Crippen molar-refractivity contribution in [2.45, 2.75) is 19.5 Å². The Morgan fingerprint density at radius 2 is 1.74 bits per heavy atom. The van der Waals surface area contributed by atoms with Gasteiger partial charge in [0.15, 0.2) is 0 Å². The van der Waals surface area contributed by atoms with Crippen LogP contribution in [0.4, 0.5) is 0 Å². The van der Waals surface area contributed by atoms with E-state index >= 15 is 0 Å². The van der Waals surface area contributed by atoms with E-state index in [0.717, 1.165) is 22.1 Å². The molecule has 0 fully saturated rings. The molecule has 27 heavy (non-hydrogen) atoms. The van der Waals surface area contributed by atoms with E-state index in [1.807, 2.05) is 43.4 Å². The van der Waals surface area contributed by atoms with Crippen LogP contribution in [0.5, 0.6) is 5.75 Å². The summed E-state index contributed by atoms with van der Waals surface area (Å²) in [5.74, 6) is 0.925. The van der Waals surface area contributed by atoms with Crippen molar-refractivity contribution in [3.63, 3.8) is 0 Å². The second kappa shape index (κ2) is 8.69. The molecule has 140 valence electrons. The van der Waals surface area contributed by atoms with E-state index in [2.05, 4.69) is 42.6 Å². The predicted octanol–water partition coefficient (Wildman–Crippen LogP) is 4.16. The maximum Gasteiger partial charge on any atom is 0.236 e. The lowest BCUT2D eigenvalue weighted by molar-refractivity contribution is -0.129. The minimum Gasteiger partial charge on any atom is -0.497 e. The molecule has 0 aromatic heterocycles. The summed E-state index contributed by atoms with van der Waals surface area (Å²) in [6.45, 7) is 2.97. The molecule has 0 spiro atoms. The van der Waals surface area contributed by atoms with Crippen LogP contribution in [0.2, 0.25) is 0 Å². The number of benzene rings is 3. The van der Waals surface area contributed by atoms with Crippen LogP contribution in [0, 0.1) is 0 Å². The molecule has 1 atom stereocenters. The number of amides is 1. The first-order chi connectivity index (χ1) is 13.1. The fourth-order valence-corrected chi connectivity index (χ4v) is 3.10. The number of carbonyl (C=O) groups is 1. The van der Waals surface area contributed by atoms with Gasteiger partial charge in [-0.3, -0.25) is 4.79 Å². The predicted molar refractivity (Wildman–Crippen MR) is 110 cm³/mol. The van der Waals surface area contributed by atoms with Crippen molar-refractivity contribution in [1.29, 1.82) is 0 Å². The number of hydrogen-bond donors (Lipinski definition) is 1. The largest absolute Gasteiger partial charge is 0.497 e.